The molecule has 1 rings (SSSR count). The zero-order valence-electron chi connectivity index (χ0n) is 8.12. The molecule has 0 aromatic rings. The maximum absolute atomic E-state index is 10.5. The average Bonchev–Trinajstić information content (AvgIpc) is 2.04. The van der Waals surface area contributed by atoms with Gasteiger partial charge >= 0.3 is 5.97 Å². The Kier molecular flexibility index (Phi) is 3.31. The molecule has 1 atom stereocenters. The second-order valence-corrected chi connectivity index (χ2v) is 4.26. The van der Waals surface area contributed by atoms with Crippen LogP contribution >= 0.6 is 0 Å². The fourth-order valence-corrected chi connectivity index (χ4v) is 2.17. The van der Waals surface area contributed by atoms with E-state index in [1.165, 1.54) is 6.42 Å². The van der Waals surface area contributed by atoms with Crippen LogP contribution in [-0.4, -0.2) is 21.8 Å². The molecular formula is C10H18O3. The molecule has 0 heterocycles. The third kappa shape index (κ3) is 2.99. The second-order valence-electron chi connectivity index (χ2n) is 4.26. The summed E-state index contributed by atoms with van der Waals surface area (Å²) >= 11 is 0. The van der Waals surface area contributed by atoms with Gasteiger partial charge in [0.1, 0.15) is 0 Å². The van der Waals surface area contributed by atoms with Gasteiger partial charge < -0.3 is 10.2 Å². The minimum atomic E-state index is -1.01. The Hall–Kier alpha value is -0.570. The Balaban J connectivity index is 2.50. The van der Waals surface area contributed by atoms with E-state index in [2.05, 4.69) is 0 Å². The van der Waals surface area contributed by atoms with Crippen molar-refractivity contribution in [2.24, 2.45) is 5.92 Å². The lowest BCUT2D eigenvalue weighted by Gasteiger charge is -2.34. The Morgan fingerprint density at radius 1 is 1.38 bits per heavy atom. The van der Waals surface area contributed by atoms with Crippen molar-refractivity contribution in [3.05, 3.63) is 0 Å². The van der Waals surface area contributed by atoms with Crippen molar-refractivity contribution in [1.82, 2.24) is 0 Å². The molecule has 0 unspecified atom stereocenters. The summed E-state index contributed by atoms with van der Waals surface area (Å²) in [6.07, 6.45) is 5.29. The molecule has 1 aliphatic rings. The van der Waals surface area contributed by atoms with Crippen LogP contribution in [0.25, 0.3) is 0 Å². The number of carbonyl (C=O) groups is 1. The lowest BCUT2D eigenvalue weighted by atomic mass is 9.76. The highest BCUT2D eigenvalue weighted by Gasteiger charge is 2.34. The molecule has 1 aliphatic carbocycles. The maximum atomic E-state index is 10.5. The van der Waals surface area contributed by atoms with Gasteiger partial charge in [0.15, 0.2) is 0 Å². The van der Waals surface area contributed by atoms with Gasteiger partial charge in [-0.05, 0) is 25.7 Å². The highest BCUT2D eigenvalue weighted by atomic mass is 16.4. The van der Waals surface area contributed by atoms with Gasteiger partial charge in [0.25, 0.3) is 0 Å². The first-order chi connectivity index (χ1) is 6.02. The second kappa shape index (κ2) is 4.09. The molecule has 2 N–H and O–H groups in total. The van der Waals surface area contributed by atoms with Crippen molar-refractivity contribution >= 4 is 5.97 Å². The monoisotopic (exact) mass is 186 g/mol. The van der Waals surface area contributed by atoms with Crippen LogP contribution in [0.2, 0.25) is 0 Å². The average molecular weight is 186 g/mol. The number of aliphatic hydroxyl groups is 1. The molecule has 1 fully saturated rings. The Morgan fingerprint density at radius 3 is 2.38 bits per heavy atom. The van der Waals surface area contributed by atoms with E-state index in [9.17, 15) is 9.90 Å². The minimum Gasteiger partial charge on any atom is -0.481 e. The van der Waals surface area contributed by atoms with Crippen LogP contribution in [0.3, 0.4) is 0 Å². The van der Waals surface area contributed by atoms with Crippen LogP contribution < -0.4 is 0 Å². The number of aliphatic carboxylic acids is 1. The topological polar surface area (TPSA) is 57.5 Å². The first-order valence-electron chi connectivity index (χ1n) is 4.96. The maximum Gasteiger partial charge on any atom is 0.306 e. The van der Waals surface area contributed by atoms with Crippen LogP contribution in [0.4, 0.5) is 0 Å². The molecule has 13 heavy (non-hydrogen) atoms. The molecule has 0 radical (unpaired) electrons. The largest absolute Gasteiger partial charge is 0.481 e. The minimum absolute atomic E-state index is 0.127. The van der Waals surface area contributed by atoms with Gasteiger partial charge in [-0.25, -0.2) is 0 Å². The van der Waals surface area contributed by atoms with E-state index in [0.29, 0.717) is 0 Å². The molecule has 76 valence electrons. The molecule has 0 bridgehead atoms. The Labute approximate surface area is 78.8 Å². The van der Waals surface area contributed by atoms with Crippen molar-refractivity contribution in [1.29, 1.82) is 0 Å². The molecule has 0 aromatic heterocycles. The highest BCUT2D eigenvalue weighted by Crippen LogP contribution is 2.34. The molecular weight excluding hydrogens is 168 g/mol. The van der Waals surface area contributed by atoms with E-state index >= 15 is 0 Å². The summed E-state index contributed by atoms with van der Waals surface area (Å²) in [6, 6.07) is 0. The van der Waals surface area contributed by atoms with Gasteiger partial charge in [0.2, 0.25) is 0 Å². The lowest BCUT2D eigenvalue weighted by molar-refractivity contribution is -0.144. The third-order valence-corrected chi connectivity index (χ3v) is 2.99. The Bertz CT molecular complexity index is 181. The summed E-state index contributed by atoms with van der Waals surface area (Å²) in [7, 11) is 0. The molecule has 3 heteroatoms. The van der Waals surface area contributed by atoms with Crippen molar-refractivity contribution in [2.75, 3.05) is 0 Å². The van der Waals surface area contributed by atoms with Gasteiger partial charge in [-0.3, -0.25) is 4.79 Å². The molecule has 0 aliphatic heterocycles. The van der Waals surface area contributed by atoms with Gasteiger partial charge in [-0.2, -0.15) is 0 Å². The zero-order chi connectivity index (χ0) is 9.90. The van der Waals surface area contributed by atoms with E-state index in [-0.39, 0.29) is 12.3 Å². The van der Waals surface area contributed by atoms with Crippen LogP contribution in [-0.2, 0) is 4.79 Å². The molecule has 0 saturated heterocycles. The van der Waals surface area contributed by atoms with Crippen LogP contribution in [0.1, 0.15) is 45.4 Å². The molecule has 0 spiro atoms. The van der Waals surface area contributed by atoms with Crippen LogP contribution in [0.5, 0.6) is 0 Å². The molecule has 0 aromatic carbocycles. The summed E-state index contributed by atoms with van der Waals surface area (Å²) in [4.78, 5) is 10.5. The first kappa shape index (κ1) is 10.5. The van der Waals surface area contributed by atoms with Crippen molar-refractivity contribution in [2.45, 2.75) is 51.0 Å². The highest BCUT2D eigenvalue weighted by molar-refractivity contribution is 5.68. The van der Waals surface area contributed by atoms with E-state index in [1.807, 2.05) is 0 Å². The summed E-state index contributed by atoms with van der Waals surface area (Å²) in [6.45, 7) is 1.65. The number of hydrogen-bond donors (Lipinski definition) is 2. The lowest BCUT2D eigenvalue weighted by Crippen LogP contribution is -2.38. The van der Waals surface area contributed by atoms with E-state index in [0.717, 1.165) is 25.7 Å². The molecule has 0 amide bonds. The number of hydrogen-bond acceptors (Lipinski definition) is 2. The van der Waals surface area contributed by atoms with E-state index < -0.39 is 11.6 Å². The van der Waals surface area contributed by atoms with E-state index in [4.69, 9.17) is 5.11 Å². The van der Waals surface area contributed by atoms with Crippen molar-refractivity contribution in [3.63, 3.8) is 0 Å². The number of carboxylic acids is 1. The van der Waals surface area contributed by atoms with Gasteiger partial charge in [0.05, 0.1) is 12.0 Å². The van der Waals surface area contributed by atoms with Crippen molar-refractivity contribution < 1.29 is 15.0 Å². The predicted octanol–water partition coefficient (Wildman–Crippen LogP) is 1.79. The standard InChI is InChI=1S/C10H18O3/c1-10(13,7-9(11)12)8-5-3-2-4-6-8/h8,13H,2-7H2,1H3,(H,11,12)/t10-/m1/s1. The molecule has 3 nitrogen and oxygen atoms in total. The third-order valence-electron chi connectivity index (χ3n) is 2.99. The van der Waals surface area contributed by atoms with Gasteiger partial charge in [0, 0.05) is 0 Å². The summed E-state index contributed by atoms with van der Waals surface area (Å²) in [5.41, 5.74) is -1.01. The summed E-state index contributed by atoms with van der Waals surface area (Å²) in [5.74, 6) is -0.729. The quantitative estimate of drug-likeness (QED) is 0.706. The normalized spacial score (nSPS) is 23.8. The Morgan fingerprint density at radius 2 is 1.92 bits per heavy atom. The first-order valence-corrected chi connectivity index (χ1v) is 4.96. The van der Waals surface area contributed by atoms with Crippen molar-refractivity contribution in [3.8, 4) is 0 Å². The SMILES string of the molecule is C[C@@](O)(CC(=O)O)C1CCCCC1. The number of rotatable bonds is 3. The van der Waals surface area contributed by atoms with Crippen LogP contribution in [0, 0.1) is 5.92 Å². The molecule has 1 saturated carbocycles. The fraction of sp³-hybridized carbons (Fsp3) is 0.900. The van der Waals surface area contributed by atoms with Crippen LogP contribution in [0.15, 0.2) is 0 Å². The van der Waals surface area contributed by atoms with E-state index in [1.54, 1.807) is 6.92 Å². The predicted molar refractivity (Wildman–Crippen MR) is 49.5 cm³/mol. The fourth-order valence-electron chi connectivity index (χ4n) is 2.17. The van der Waals surface area contributed by atoms with Gasteiger partial charge in [-0.1, -0.05) is 19.3 Å². The smallest absolute Gasteiger partial charge is 0.306 e. The van der Waals surface area contributed by atoms with Gasteiger partial charge in [-0.15, -0.1) is 0 Å². The zero-order valence-corrected chi connectivity index (χ0v) is 8.12. The summed E-state index contributed by atoms with van der Waals surface area (Å²) in [5, 5.41) is 18.5. The number of carboxylic acid groups (broad SMARTS) is 1. The summed E-state index contributed by atoms with van der Waals surface area (Å²) < 4.78 is 0.